The summed E-state index contributed by atoms with van der Waals surface area (Å²) in [4.78, 5) is 26.6. The van der Waals surface area contributed by atoms with E-state index in [0.29, 0.717) is 12.1 Å². The highest BCUT2D eigenvalue weighted by Gasteiger charge is 2.23. The quantitative estimate of drug-likeness (QED) is 0.809. The number of hydrogen-bond acceptors (Lipinski definition) is 4. The Morgan fingerprint density at radius 3 is 2.71 bits per heavy atom. The topological polar surface area (TPSA) is 70.7 Å². The van der Waals surface area contributed by atoms with E-state index in [1.807, 2.05) is 35.2 Å². The predicted molar refractivity (Wildman–Crippen MR) is 109 cm³/mol. The molecule has 2 amide bonds. The molecule has 2 aromatic carbocycles. The van der Waals surface area contributed by atoms with E-state index in [0.717, 1.165) is 43.8 Å². The second-order valence-electron chi connectivity index (χ2n) is 7.20. The van der Waals surface area contributed by atoms with Crippen molar-refractivity contribution in [3.05, 3.63) is 59.7 Å². The number of amides is 2. The largest absolute Gasteiger partial charge is 0.376 e. The number of para-hydroxylation sites is 1. The molecule has 146 valence electrons. The maximum absolute atomic E-state index is 12.6. The second kappa shape index (κ2) is 8.44. The van der Waals surface area contributed by atoms with Crippen LogP contribution in [0, 0.1) is 0 Å². The van der Waals surface area contributed by atoms with Gasteiger partial charge in [-0.25, -0.2) is 0 Å². The lowest BCUT2D eigenvalue weighted by molar-refractivity contribution is -0.116. The molecule has 2 heterocycles. The number of rotatable bonds is 6. The molecule has 1 fully saturated rings. The Balaban J connectivity index is 1.27. The lowest BCUT2D eigenvalue weighted by Crippen LogP contribution is -2.34. The number of nitrogens with zero attached hydrogens (tertiary/aromatic N) is 1. The molecule has 1 unspecified atom stereocenters. The molecule has 0 spiro atoms. The van der Waals surface area contributed by atoms with E-state index in [2.05, 4.69) is 16.7 Å². The number of benzene rings is 2. The Labute approximate surface area is 164 Å². The van der Waals surface area contributed by atoms with Gasteiger partial charge in [-0.2, -0.15) is 0 Å². The fourth-order valence-electron chi connectivity index (χ4n) is 3.72. The van der Waals surface area contributed by atoms with Gasteiger partial charge in [-0.15, -0.1) is 0 Å². The Morgan fingerprint density at radius 1 is 1.11 bits per heavy atom. The molecule has 2 N–H and O–H groups in total. The summed E-state index contributed by atoms with van der Waals surface area (Å²) in [5, 5.41) is 6.06. The fourth-order valence-corrected chi connectivity index (χ4v) is 3.72. The Morgan fingerprint density at radius 2 is 1.93 bits per heavy atom. The number of hydrogen-bond donors (Lipinski definition) is 2. The van der Waals surface area contributed by atoms with Gasteiger partial charge in [0, 0.05) is 36.6 Å². The molecule has 1 atom stereocenters. The standard InChI is InChI=1S/C22H25N3O3/c26-21(25-12-11-16-4-1-2-6-20(16)25)15-23-18-9-7-17(8-10-18)22(27)24-14-19-5-3-13-28-19/h1-2,4,6-10,19,23H,3,5,11-15H2,(H,24,27). The fraction of sp³-hybridized carbons (Fsp3) is 0.364. The van der Waals surface area contributed by atoms with E-state index in [4.69, 9.17) is 4.74 Å². The van der Waals surface area contributed by atoms with Crippen molar-refractivity contribution < 1.29 is 14.3 Å². The van der Waals surface area contributed by atoms with Crippen LogP contribution in [-0.2, 0) is 16.0 Å². The molecule has 2 aliphatic rings. The first-order valence-electron chi connectivity index (χ1n) is 9.83. The molecule has 0 bridgehead atoms. The molecular weight excluding hydrogens is 354 g/mol. The first-order chi connectivity index (χ1) is 13.7. The number of fused-ring (bicyclic) bond motifs is 1. The van der Waals surface area contributed by atoms with Crippen LogP contribution in [0.3, 0.4) is 0 Å². The van der Waals surface area contributed by atoms with Crippen molar-refractivity contribution in [2.24, 2.45) is 0 Å². The Bertz CT molecular complexity index is 844. The van der Waals surface area contributed by atoms with Crippen LogP contribution in [0.15, 0.2) is 48.5 Å². The van der Waals surface area contributed by atoms with Gasteiger partial charge in [-0.1, -0.05) is 18.2 Å². The predicted octanol–water partition coefficient (Wildman–Crippen LogP) is 2.60. The third-order valence-electron chi connectivity index (χ3n) is 5.29. The van der Waals surface area contributed by atoms with Crippen molar-refractivity contribution in [1.29, 1.82) is 0 Å². The average molecular weight is 379 g/mol. The SMILES string of the molecule is O=C(NCC1CCCO1)c1ccc(NCC(=O)N2CCc3ccccc32)cc1. The highest BCUT2D eigenvalue weighted by molar-refractivity contribution is 5.98. The monoisotopic (exact) mass is 379 g/mol. The molecular formula is C22H25N3O3. The van der Waals surface area contributed by atoms with Gasteiger partial charge in [0.05, 0.1) is 12.6 Å². The first kappa shape index (κ1) is 18.5. The van der Waals surface area contributed by atoms with E-state index in [9.17, 15) is 9.59 Å². The summed E-state index contributed by atoms with van der Waals surface area (Å²) in [5.41, 5.74) is 3.64. The van der Waals surface area contributed by atoms with Crippen molar-refractivity contribution in [3.8, 4) is 0 Å². The van der Waals surface area contributed by atoms with Crippen LogP contribution in [0.5, 0.6) is 0 Å². The molecule has 6 nitrogen and oxygen atoms in total. The van der Waals surface area contributed by atoms with Gasteiger partial charge in [0.15, 0.2) is 0 Å². The lowest BCUT2D eigenvalue weighted by atomic mass is 10.2. The summed E-state index contributed by atoms with van der Waals surface area (Å²) >= 11 is 0. The summed E-state index contributed by atoms with van der Waals surface area (Å²) in [5.74, 6) is -0.0601. The van der Waals surface area contributed by atoms with Crippen LogP contribution < -0.4 is 15.5 Å². The number of carbonyl (C=O) groups excluding carboxylic acids is 2. The summed E-state index contributed by atoms with van der Waals surface area (Å²) < 4.78 is 5.52. The van der Waals surface area contributed by atoms with Crippen molar-refractivity contribution in [2.75, 3.05) is 36.5 Å². The Hall–Kier alpha value is -2.86. The normalized spacial score (nSPS) is 18.0. The molecule has 0 aromatic heterocycles. The lowest BCUT2D eigenvalue weighted by Gasteiger charge is -2.18. The van der Waals surface area contributed by atoms with E-state index in [-0.39, 0.29) is 24.5 Å². The minimum atomic E-state index is -0.105. The minimum absolute atomic E-state index is 0.0448. The molecule has 0 radical (unpaired) electrons. The van der Waals surface area contributed by atoms with Crippen LogP contribution in [0.4, 0.5) is 11.4 Å². The zero-order valence-electron chi connectivity index (χ0n) is 15.8. The van der Waals surface area contributed by atoms with Crippen LogP contribution in [0.2, 0.25) is 0 Å². The minimum Gasteiger partial charge on any atom is -0.376 e. The number of ether oxygens (including phenoxy) is 1. The van der Waals surface area contributed by atoms with Gasteiger partial charge in [0.1, 0.15) is 0 Å². The van der Waals surface area contributed by atoms with Crippen LogP contribution in [0.25, 0.3) is 0 Å². The first-order valence-corrected chi connectivity index (χ1v) is 9.83. The van der Waals surface area contributed by atoms with Gasteiger partial charge >= 0.3 is 0 Å². The molecule has 1 saturated heterocycles. The van der Waals surface area contributed by atoms with E-state index in [1.54, 1.807) is 12.1 Å². The number of carbonyl (C=O) groups is 2. The van der Waals surface area contributed by atoms with Crippen LogP contribution >= 0.6 is 0 Å². The third-order valence-corrected chi connectivity index (χ3v) is 5.29. The molecule has 28 heavy (non-hydrogen) atoms. The van der Waals surface area contributed by atoms with E-state index in [1.165, 1.54) is 5.56 Å². The third kappa shape index (κ3) is 4.17. The van der Waals surface area contributed by atoms with Gasteiger partial charge in [0.25, 0.3) is 5.91 Å². The van der Waals surface area contributed by atoms with Crippen LogP contribution in [-0.4, -0.2) is 44.2 Å². The summed E-state index contributed by atoms with van der Waals surface area (Å²) in [6.07, 6.45) is 3.09. The maximum atomic E-state index is 12.6. The van der Waals surface area contributed by atoms with Gasteiger partial charge in [-0.05, 0) is 55.2 Å². The summed E-state index contributed by atoms with van der Waals surface area (Å²) in [6.45, 7) is 2.27. The van der Waals surface area contributed by atoms with E-state index < -0.39 is 0 Å². The van der Waals surface area contributed by atoms with Crippen molar-refractivity contribution in [1.82, 2.24) is 5.32 Å². The molecule has 2 aliphatic heterocycles. The van der Waals surface area contributed by atoms with Crippen molar-refractivity contribution in [2.45, 2.75) is 25.4 Å². The number of nitrogens with one attached hydrogen (secondary N) is 2. The average Bonchev–Trinajstić information content (AvgIpc) is 3.40. The number of anilines is 2. The van der Waals surface area contributed by atoms with Crippen molar-refractivity contribution in [3.63, 3.8) is 0 Å². The van der Waals surface area contributed by atoms with Gasteiger partial charge < -0.3 is 20.3 Å². The zero-order valence-corrected chi connectivity index (χ0v) is 15.8. The summed E-state index contributed by atoms with van der Waals surface area (Å²) in [7, 11) is 0. The Kier molecular flexibility index (Phi) is 5.58. The van der Waals surface area contributed by atoms with Gasteiger partial charge in [0.2, 0.25) is 5.91 Å². The molecule has 2 aromatic rings. The highest BCUT2D eigenvalue weighted by atomic mass is 16.5. The highest BCUT2D eigenvalue weighted by Crippen LogP contribution is 2.27. The molecule has 6 heteroatoms. The smallest absolute Gasteiger partial charge is 0.251 e. The second-order valence-corrected chi connectivity index (χ2v) is 7.20. The van der Waals surface area contributed by atoms with Crippen molar-refractivity contribution >= 4 is 23.2 Å². The summed E-state index contributed by atoms with van der Waals surface area (Å²) in [6, 6.07) is 15.2. The zero-order chi connectivity index (χ0) is 19.3. The molecule has 4 rings (SSSR count). The van der Waals surface area contributed by atoms with Gasteiger partial charge in [-0.3, -0.25) is 9.59 Å². The van der Waals surface area contributed by atoms with Crippen LogP contribution in [0.1, 0.15) is 28.8 Å². The van der Waals surface area contributed by atoms with E-state index >= 15 is 0 Å². The molecule has 0 aliphatic carbocycles. The maximum Gasteiger partial charge on any atom is 0.251 e. The molecule has 0 saturated carbocycles.